The fraction of sp³-hybridized carbons (Fsp3) is 0.804. The first-order valence-corrected chi connectivity index (χ1v) is 24.9. The largest absolute Gasteiger partial charge is 0.463 e. The van der Waals surface area contributed by atoms with E-state index in [0.717, 1.165) is 12.0 Å². The number of cyclic esters (lactones) is 1. The van der Waals surface area contributed by atoms with Crippen molar-refractivity contribution < 1.29 is 81.5 Å². The number of aliphatic hydroxyl groups is 2. The van der Waals surface area contributed by atoms with Gasteiger partial charge >= 0.3 is 23.9 Å². The molecule has 3 aliphatic rings. The Bertz CT molecular complexity index is 1750. The van der Waals surface area contributed by atoms with Crippen LogP contribution in [0.2, 0.25) is 0 Å². The second-order valence-corrected chi connectivity index (χ2v) is 19.6. The Kier molecular flexibility index (Phi) is 23.9. The number of nitrogens with zero attached hydrogens (tertiary/aromatic N) is 2. The zero-order valence-corrected chi connectivity index (χ0v) is 43.8. The number of carbonyl (C=O) groups is 4. The number of hydrogen-bond donors (Lipinski definition) is 2. The normalized spacial score (nSPS) is 35.3. The highest BCUT2D eigenvalue weighted by atomic mass is 16.7. The second-order valence-electron chi connectivity index (χ2n) is 19.6. The number of carbonyl (C=O) groups excluding carboxylic acids is 4. The molecule has 0 saturated carbocycles. The van der Waals surface area contributed by atoms with Crippen LogP contribution in [0.1, 0.15) is 106 Å². The number of methoxy groups -OCH3 is 3. The van der Waals surface area contributed by atoms with Crippen LogP contribution in [0, 0.1) is 11.8 Å². The van der Waals surface area contributed by atoms with Crippen LogP contribution >= 0.6 is 0 Å². The van der Waals surface area contributed by atoms with E-state index in [0.29, 0.717) is 32.5 Å². The molecule has 19 heteroatoms. The van der Waals surface area contributed by atoms with Crippen LogP contribution in [-0.2, 0) is 77.7 Å². The van der Waals surface area contributed by atoms with Crippen molar-refractivity contribution in [1.82, 2.24) is 9.80 Å². The summed E-state index contributed by atoms with van der Waals surface area (Å²) in [5.74, 6) is -3.22. The Morgan fingerprint density at radius 1 is 0.900 bits per heavy atom. The lowest BCUT2D eigenvalue weighted by molar-refractivity contribution is -0.345. The third kappa shape index (κ3) is 16.9. The molecule has 1 aromatic carbocycles. The van der Waals surface area contributed by atoms with E-state index in [4.69, 9.17) is 52.1 Å². The van der Waals surface area contributed by atoms with Gasteiger partial charge in [0.25, 0.3) is 0 Å². The predicted octanol–water partition coefficient (Wildman–Crippen LogP) is 4.19. The molecule has 0 spiro atoms. The number of rotatable bonds is 18. The maximum absolute atomic E-state index is 13.9. The second kappa shape index (κ2) is 28.2. The molecule has 3 aliphatic heterocycles. The molecule has 70 heavy (non-hydrogen) atoms. The molecule has 19 nitrogen and oxygen atoms in total. The van der Waals surface area contributed by atoms with Crippen LogP contribution in [0.3, 0.4) is 0 Å². The van der Waals surface area contributed by atoms with Gasteiger partial charge in [0.2, 0.25) is 0 Å². The molecule has 3 fully saturated rings. The minimum Gasteiger partial charge on any atom is -0.463 e. The first-order chi connectivity index (χ1) is 33.2. The maximum atomic E-state index is 13.9. The molecular formula is C51H84N2O17. The quantitative estimate of drug-likeness (QED) is 0.120. The molecule has 1 aromatic rings. The SMILES string of the molecule is CCC(=O)O[C@@H]1CC(=O)O[C@H](C)CCN(CCc2ccccc2)C[C@H](O)[C@H](C)C[C@H](CC(OC)OC)[C@H](O[C@@H]2O[C@H](C)[C@@H](O[C@H]3C[C@@](C)(OC(C)=O)[C@@H](OC(=O)CC)[C@H](C)O3)[C@H](N(C)C)[C@H]2O)[C@H]1OC. The van der Waals surface area contributed by atoms with Crippen molar-refractivity contribution in [3.8, 4) is 0 Å². The summed E-state index contributed by atoms with van der Waals surface area (Å²) in [5.41, 5.74) is -0.163. The van der Waals surface area contributed by atoms with Crippen molar-refractivity contribution >= 4 is 23.9 Å². The minimum absolute atomic E-state index is 0.00668. The fourth-order valence-corrected chi connectivity index (χ4v) is 9.99. The van der Waals surface area contributed by atoms with Gasteiger partial charge in [-0.25, -0.2) is 0 Å². The van der Waals surface area contributed by atoms with Crippen LogP contribution in [0.5, 0.6) is 0 Å². The summed E-state index contributed by atoms with van der Waals surface area (Å²) in [6, 6.07) is 9.29. The Hall–Kier alpha value is -3.34. The molecule has 0 unspecified atom stereocenters. The van der Waals surface area contributed by atoms with E-state index in [1.165, 1.54) is 28.3 Å². The standard InChI is InChI=1S/C51H84N2O17/c1-14-39(56)66-38-27-41(58)63-31(4)21-23-53(24-22-35-19-17-16-18-20-35)29-37(55)30(3)25-36(26-42(60-11)61-12)47(48(38)62-13)69-50-45(59)44(52(9)10)46(32(5)65-50)68-43-28-51(8,70-34(7)54)49(33(6)64-43)67-40(57)15-2/h16-20,30-33,36-38,42-50,55,59H,14-15,21-29H2,1-13H3/t30-,31-,32-,33+,36-,37+,38-,43+,44-,45-,46-,47+,48+,49+,50+,51-/m1/s1. The summed E-state index contributed by atoms with van der Waals surface area (Å²) >= 11 is 0. The molecule has 0 aliphatic carbocycles. The number of aliphatic hydroxyl groups excluding tert-OH is 2. The molecule has 4 rings (SSSR count). The molecule has 0 bridgehead atoms. The summed E-state index contributed by atoms with van der Waals surface area (Å²) in [7, 11) is 8.00. The molecule has 16 atom stereocenters. The van der Waals surface area contributed by atoms with Crippen molar-refractivity contribution in [2.45, 2.75) is 198 Å². The average molecular weight is 997 g/mol. The molecule has 3 heterocycles. The lowest BCUT2D eigenvalue weighted by Gasteiger charge is -2.51. The van der Waals surface area contributed by atoms with E-state index in [1.807, 2.05) is 32.0 Å². The van der Waals surface area contributed by atoms with Gasteiger partial charge in [0.05, 0.1) is 36.9 Å². The Labute approximate surface area is 415 Å². The third-order valence-electron chi connectivity index (χ3n) is 13.8. The highest BCUT2D eigenvalue weighted by Crippen LogP contribution is 2.40. The Balaban J connectivity index is 1.75. The number of likely N-dealkylation sites (N-methyl/N-ethyl adjacent to an activating group) is 1. The molecule has 2 N–H and O–H groups in total. The van der Waals surface area contributed by atoms with Gasteiger partial charge in [0, 0.05) is 73.6 Å². The van der Waals surface area contributed by atoms with E-state index in [9.17, 15) is 29.4 Å². The van der Waals surface area contributed by atoms with Crippen molar-refractivity contribution in [2.75, 3.05) is 55.1 Å². The summed E-state index contributed by atoms with van der Waals surface area (Å²) in [4.78, 5) is 55.9. The molecule has 3 saturated heterocycles. The average Bonchev–Trinajstić information content (AvgIpc) is 3.30. The van der Waals surface area contributed by atoms with Crippen LogP contribution in [0.15, 0.2) is 30.3 Å². The molecule has 0 amide bonds. The molecule has 400 valence electrons. The minimum atomic E-state index is -1.41. The fourth-order valence-electron chi connectivity index (χ4n) is 9.99. The summed E-state index contributed by atoms with van der Waals surface area (Å²) in [5, 5.41) is 24.5. The third-order valence-corrected chi connectivity index (χ3v) is 13.8. The lowest BCUT2D eigenvalue weighted by Crippen LogP contribution is -2.66. The van der Waals surface area contributed by atoms with Crippen molar-refractivity contribution in [2.24, 2.45) is 11.8 Å². The van der Waals surface area contributed by atoms with E-state index in [2.05, 4.69) is 17.0 Å². The van der Waals surface area contributed by atoms with Crippen LogP contribution in [0.4, 0.5) is 0 Å². The summed E-state index contributed by atoms with van der Waals surface area (Å²) in [6.07, 6.45) is -11.2. The first kappa shape index (κ1) is 59.2. The maximum Gasteiger partial charge on any atom is 0.309 e. The lowest BCUT2D eigenvalue weighted by atomic mass is 9.82. The van der Waals surface area contributed by atoms with Gasteiger partial charge in [-0.1, -0.05) is 51.1 Å². The van der Waals surface area contributed by atoms with Crippen LogP contribution in [0.25, 0.3) is 0 Å². The van der Waals surface area contributed by atoms with E-state index in [1.54, 1.807) is 53.6 Å². The van der Waals surface area contributed by atoms with Gasteiger partial charge in [0.1, 0.15) is 30.5 Å². The highest BCUT2D eigenvalue weighted by Gasteiger charge is 2.54. The zero-order valence-electron chi connectivity index (χ0n) is 43.8. The van der Waals surface area contributed by atoms with E-state index in [-0.39, 0.29) is 38.0 Å². The molecule has 0 radical (unpaired) electrons. The van der Waals surface area contributed by atoms with Gasteiger partial charge in [-0.05, 0) is 78.5 Å². The van der Waals surface area contributed by atoms with Gasteiger partial charge in [-0.3, -0.25) is 19.2 Å². The Morgan fingerprint density at radius 2 is 1.56 bits per heavy atom. The zero-order chi connectivity index (χ0) is 51.9. The van der Waals surface area contributed by atoms with E-state index >= 15 is 0 Å². The summed E-state index contributed by atoms with van der Waals surface area (Å²) in [6.45, 7) is 15.0. The van der Waals surface area contributed by atoms with Gasteiger partial charge in [-0.2, -0.15) is 0 Å². The predicted molar refractivity (Wildman–Crippen MR) is 255 cm³/mol. The van der Waals surface area contributed by atoms with Crippen molar-refractivity contribution in [3.63, 3.8) is 0 Å². The number of β-amino-alcohol motifs (C(OH)–C–C–N with tert-alkyl or cyclic N) is 1. The number of ether oxygens (including phenoxy) is 11. The monoisotopic (exact) mass is 997 g/mol. The highest BCUT2D eigenvalue weighted by molar-refractivity contribution is 5.73. The van der Waals surface area contributed by atoms with Gasteiger partial charge in [0.15, 0.2) is 30.6 Å². The molecular weight excluding hydrogens is 913 g/mol. The van der Waals surface area contributed by atoms with Gasteiger partial charge < -0.3 is 72.1 Å². The van der Waals surface area contributed by atoms with Crippen LogP contribution < -0.4 is 0 Å². The first-order valence-electron chi connectivity index (χ1n) is 24.9. The number of esters is 4. The summed E-state index contributed by atoms with van der Waals surface area (Å²) < 4.78 is 67.8. The van der Waals surface area contributed by atoms with Gasteiger partial charge in [-0.15, -0.1) is 0 Å². The number of hydrogen-bond acceptors (Lipinski definition) is 19. The van der Waals surface area contributed by atoms with Crippen molar-refractivity contribution in [3.05, 3.63) is 35.9 Å². The van der Waals surface area contributed by atoms with Crippen LogP contribution in [-0.4, -0.2) is 191 Å². The molecule has 0 aromatic heterocycles. The Morgan fingerprint density at radius 3 is 2.16 bits per heavy atom. The van der Waals surface area contributed by atoms with E-state index < -0.39 is 121 Å². The smallest absolute Gasteiger partial charge is 0.309 e. The number of benzene rings is 1. The topological polar surface area (TPSA) is 217 Å². The van der Waals surface area contributed by atoms with Crippen molar-refractivity contribution in [1.29, 1.82) is 0 Å².